The van der Waals surface area contributed by atoms with Gasteiger partial charge in [0.1, 0.15) is 0 Å². The van der Waals surface area contributed by atoms with Crippen molar-refractivity contribution < 1.29 is 9.26 Å². The number of rotatable bonds is 7. The van der Waals surface area contributed by atoms with Gasteiger partial charge in [-0.15, -0.1) is 0 Å². The third-order valence-electron chi connectivity index (χ3n) is 3.84. The lowest BCUT2D eigenvalue weighted by molar-refractivity contribution is 0.130. The molecule has 1 aromatic heterocycles. The number of nitrogens with zero attached hydrogens (tertiary/aromatic N) is 2. The molecule has 1 unspecified atom stereocenters. The van der Waals surface area contributed by atoms with Crippen molar-refractivity contribution in [3.63, 3.8) is 0 Å². The van der Waals surface area contributed by atoms with Crippen molar-refractivity contribution in [1.29, 1.82) is 0 Å². The van der Waals surface area contributed by atoms with E-state index in [0.717, 1.165) is 17.7 Å². The van der Waals surface area contributed by atoms with Crippen molar-refractivity contribution in [2.75, 3.05) is 13.2 Å². The van der Waals surface area contributed by atoms with E-state index in [1.807, 2.05) is 6.92 Å². The maximum Gasteiger partial charge on any atom is 0.230 e. The zero-order valence-corrected chi connectivity index (χ0v) is 10.8. The Balaban J connectivity index is 1.67. The Morgan fingerprint density at radius 2 is 2.00 bits per heavy atom. The fourth-order valence-electron chi connectivity index (χ4n) is 2.55. The Hall–Kier alpha value is -0.940. The Labute approximate surface area is 107 Å². The number of ether oxygens (including phenoxy) is 1. The fraction of sp³-hybridized carbons (Fsp3) is 0.846. The number of hydrogen-bond acceptors (Lipinski definition) is 5. The summed E-state index contributed by atoms with van der Waals surface area (Å²) in [5, 5.41) is 4.02. The SMILES string of the molecule is CCOCC(N)c1noc(C(C2CC2)C2CC2)n1. The molecule has 2 fully saturated rings. The maximum absolute atomic E-state index is 5.97. The molecule has 2 N–H and O–H groups in total. The van der Waals surface area contributed by atoms with E-state index < -0.39 is 0 Å². The summed E-state index contributed by atoms with van der Waals surface area (Å²) in [7, 11) is 0. The van der Waals surface area contributed by atoms with Crippen LogP contribution < -0.4 is 5.73 Å². The Morgan fingerprint density at radius 1 is 1.33 bits per heavy atom. The van der Waals surface area contributed by atoms with Crippen LogP contribution in [0.1, 0.15) is 56.3 Å². The van der Waals surface area contributed by atoms with E-state index in [2.05, 4.69) is 10.1 Å². The molecule has 100 valence electrons. The molecule has 18 heavy (non-hydrogen) atoms. The van der Waals surface area contributed by atoms with E-state index in [0.29, 0.717) is 25.0 Å². The van der Waals surface area contributed by atoms with Crippen LogP contribution in [0.25, 0.3) is 0 Å². The standard InChI is InChI=1S/C13H21N3O2/c1-2-17-7-10(14)12-15-13(18-16-12)11(8-3-4-8)9-5-6-9/h8-11H,2-7,14H2,1H3. The summed E-state index contributed by atoms with van der Waals surface area (Å²) >= 11 is 0. The van der Waals surface area contributed by atoms with Crippen LogP contribution >= 0.6 is 0 Å². The van der Waals surface area contributed by atoms with Gasteiger partial charge in [0.15, 0.2) is 5.82 Å². The van der Waals surface area contributed by atoms with E-state index in [9.17, 15) is 0 Å². The molecule has 2 aliphatic carbocycles. The van der Waals surface area contributed by atoms with Gasteiger partial charge >= 0.3 is 0 Å². The Morgan fingerprint density at radius 3 is 2.56 bits per heavy atom. The topological polar surface area (TPSA) is 74.2 Å². The maximum atomic E-state index is 5.97. The lowest BCUT2D eigenvalue weighted by atomic mass is 9.98. The van der Waals surface area contributed by atoms with Crippen LogP contribution in [-0.4, -0.2) is 23.4 Å². The molecule has 2 saturated carbocycles. The second-order valence-electron chi connectivity index (χ2n) is 5.46. The summed E-state index contributed by atoms with van der Waals surface area (Å²) in [4.78, 5) is 4.50. The summed E-state index contributed by atoms with van der Waals surface area (Å²) in [5.74, 6) is 3.43. The summed E-state index contributed by atoms with van der Waals surface area (Å²) in [5.41, 5.74) is 5.97. The van der Waals surface area contributed by atoms with Crippen molar-refractivity contribution in [1.82, 2.24) is 10.1 Å². The zero-order chi connectivity index (χ0) is 12.5. The van der Waals surface area contributed by atoms with Crippen molar-refractivity contribution in [3.8, 4) is 0 Å². The monoisotopic (exact) mass is 251 g/mol. The molecule has 3 rings (SSSR count). The van der Waals surface area contributed by atoms with Crippen LogP contribution in [0.15, 0.2) is 4.52 Å². The van der Waals surface area contributed by atoms with Crippen LogP contribution in [0.2, 0.25) is 0 Å². The third-order valence-corrected chi connectivity index (χ3v) is 3.84. The first-order valence-corrected chi connectivity index (χ1v) is 6.96. The van der Waals surface area contributed by atoms with E-state index in [1.165, 1.54) is 25.7 Å². The number of aromatic nitrogens is 2. The van der Waals surface area contributed by atoms with Crippen molar-refractivity contribution in [2.24, 2.45) is 17.6 Å². The highest BCUT2D eigenvalue weighted by Crippen LogP contribution is 2.54. The highest BCUT2D eigenvalue weighted by molar-refractivity contribution is 5.08. The van der Waals surface area contributed by atoms with Crippen molar-refractivity contribution in [2.45, 2.75) is 44.6 Å². The molecule has 1 atom stereocenters. The summed E-state index contributed by atoms with van der Waals surface area (Å²) in [6, 6.07) is -0.276. The van der Waals surface area contributed by atoms with Gasteiger partial charge in [0.05, 0.1) is 12.6 Å². The third kappa shape index (κ3) is 2.57. The van der Waals surface area contributed by atoms with Gasteiger partial charge in [-0.2, -0.15) is 4.98 Å². The molecule has 0 bridgehead atoms. The predicted octanol–water partition coefficient (Wildman–Crippen LogP) is 2.01. The van der Waals surface area contributed by atoms with Crippen LogP contribution in [0.5, 0.6) is 0 Å². The Kier molecular flexibility index (Phi) is 3.35. The van der Waals surface area contributed by atoms with Gasteiger partial charge in [-0.1, -0.05) is 5.16 Å². The highest BCUT2D eigenvalue weighted by Gasteiger charge is 2.45. The first kappa shape index (κ1) is 12.1. The van der Waals surface area contributed by atoms with Crippen LogP contribution in [0, 0.1) is 11.8 Å². The van der Waals surface area contributed by atoms with E-state index in [1.54, 1.807) is 0 Å². The van der Waals surface area contributed by atoms with Crippen LogP contribution in [0.4, 0.5) is 0 Å². The van der Waals surface area contributed by atoms with Gasteiger partial charge < -0.3 is 15.0 Å². The zero-order valence-electron chi connectivity index (χ0n) is 10.8. The molecule has 0 aliphatic heterocycles. The summed E-state index contributed by atoms with van der Waals surface area (Å²) in [6.07, 6.45) is 5.24. The molecule has 1 aromatic rings. The minimum atomic E-state index is -0.276. The predicted molar refractivity (Wildman–Crippen MR) is 65.9 cm³/mol. The highest BCUT2D eigenvalue weighted by atomic mass is 16.5. The van der Waals surface area contributed by atoms with E-state index in [4.69, 9.17) is 15.0 Å². The largest absolute Gasteiger partial charge is 0.380 e. The molecular formula is C13H21N3O2. The molecular weight excluding hydrogens is 230 g/mol. The van der Waals surface area contributed by atoms with Gasteiger partial charge in [-0.05, 0) is 44.4 Å². The molecule has 0 radical (unpaired) electrons. The number of hydrogen-bond donors (Lipinski definition) is 1. The lowest BCUT2D eigenvalue weighted by Gasteiger charge is -2.09. The minimum absolute atomic E-state index is 0.276. The van der Waals surface area contributed by atoms with E-state index in [-0.39, 0.29) is 6.04 Å². The minimum Gasteiger partial charge on any atom is -0.380 e. The molecule has 0 amide bonds. The van der Waals surface area contributed by atoms with E-state index >= 15 is 0 Å². The van der Waals surface area contributed by atoms with Gasteiger partial charge in [0.2, 0.25) is 5.89 Å². The van der Waals surface area contributed by atoms with Crippen molar-refractivity contribution in [3.05, 3.63) is 11.7 Å². The van der Waals surface area contributed by atoms with Gasteiger partial charge in [-0.25, -0.2) is 0 Å². The normalized spacial score (nSPS) is 21.5. The van der Waals surface area contributed by atoms with Crippen LogP contribution in [-0.2, 0) is 4.74 Å². The second kappa shape index (κ2) is 4.97. The summed E-state index contributed by atoms with van der Waals surface area (Å²) in [6.45, 7) is 3.06. The second-order valence-corrected chi connectivity index (χ2v) is 5.46. The molecule has 0 spiro atoms. The molecule has 0 aromatic carbocycles. The summed E-state index contributed by atoms with van der Waals surface area (Å²) < 4.78 is 10.7. The van der Waals surface area contributed by atoms with Gasteiger partial charge in [-0.3, -0.25) is 0 Å². The molecule has 1 heterocycles. The average Bonchev–Trinajstić information content (AvgIpc) is 3.28. The quantitative estimate of drug-likeness (QED) is 0.802. The lowest BCUT2D eigenvalue weighted by Crippen LogP contribution is -2.18. The van der Waals surface area contributed by atoms with Crippen molar-refractivity contribution >= 4 is 0 Å². The van der Waals surface area contributed by atoms with Gasteiger partial charge in [0.25, 0.3) is 0 Å². The molecule has 2 aliphatic rings. The fourth-order valence-corrected chi connectivity index (χ4v) is 2.55. The smallest absolute Gasteiger partial charge is 0.230 e. The first-order valence-electron chi connectivity index (χ1n) is 6.96. The molecule has 0 saturated heterocycles. The average molecular weight is 251 g/mol. The molecule has 5 nitrogen and oxygen atoms in total. The Bertz CT molecular complexity index is 387. The van der Waals surface area contributed by atoms with Gasteiger partial charge in [0, 0.05) is 12.5 Å². The molecule has 5 heteroatoms. The number of nitrogens with two attached hydrogens (primary N) is 1. The first-order chi connectivity index (χ1) is 8.79. The van der Waals surface area contributed by atoms with Crippen LogP contribution in [0.3, 0.4) is 0 Å².